The van der Waals surface area contributed by atoms with Crippen molar-refractivity contribution < 1.29 is 19.1 Å². The van der Waals surface area contributed by atoms with Gasteiger partial charge in [-0.2, -0.15) is 5.26 Å². The molecule has 0 aromatic rings. The van der Waals surface area contributed by atoms with Crippen LogP contribution in [0.5, 0.6) is 0 Å². The van der Waals surface area contributed by atoms with Crippen molar-refractivity contribution in [1.82, 2.24) is 0 Å². The topological polar surface area (TPSA) is 84.2 Å². The Hall–Kier alpha value is -1.96. The van der Waals surface area contributed by atoms with Gasteiger partial charge in [-0.1, -0.05) is 54.5 Å². The van der Waals surface area contributed by atoms with Gasteiger partial charge in [0, 0.05) is 30.1 Å². The number of carbonyl (C=O) groups excluding carboxylic acids is 3. The molecule has 0 N–H and O–H groups in total. The highest BCUT2D eigenvalue weighted by atomic mass is 16.5. The van der Waals surface area contributed by atoms with E-state index in [4.69, 9.17) is 4.74 Å². The second kappa shape index (κ2) is 8.28. The van der Waals surface area contributed by atoms with E-state index in [1.165, 1.54) is 6.92 Å². The molecule has 4 fully saturated rings. The van der Waals surface area contributed by atoms with Gasteiger partial charge in [-0.3, -0.25) is 14.4 Å². The van der Waals surface area contributed by atoms with Crippen molar-refractivity contribution >= 4 is 17.5 Å². The third-order valence-corrected chi connectivity index (χ3v) is 13.2. The molecule has 208 valence electrons. The van der Waals surface area contributed by atoms with Gasteiger partial charge < -0.3 is 4.74 Å². The summed E-state index contributed by atoms with van der Waals surface area (Å²) in [5, 5.41) is 9.90. The fraction of sp³-hybridized carbons (Fsp3) is 0.818. The Kier molecular flexibility index (Phi) is 6.01. The first-order valence-electron chi connectivity index (χ1n) is 14.8. The fourth-order valence-corrected chi connectivity index (χ4v) is 10.9. The molecule has 5 heteroatoms. The summed E-state index contributed by atoms with van der Waals surface area (Å²) < 4.78 is 5.71. The van der Waals surface area contributed by atoms with Gasteiger partial charge in [-0.25, -0.2) is 0 Å². The standard InChI is InChI=1S/C33H47NO4/c1-20(35)38-19-33-13-11-28(2,3)17-22(33)26-23(36)15-25-30(6)16-21(18-34)27(37)29(4,5)24(30)9-10-31(25,7)32(26,8)12-14-33/h16,22,24-26H,9-15,17,19H2,1-8H3/t22-,24-,25?,26-,30-,31+,32+,33+/m0/s1. The minimum Gasteiger partial charge on any atom is -0.465 e. The summed E-state index contributed by atoms with van der Waals surface area (Å²) in [5.74, 6) is 0.434. The van der Waals surface area contributed by atoms with Crippen LogP contribution in [0.2, 0.25) is 0 Å². The smallest absolute Gasteiger partial charge is 0.302 e. The van der Waals surface area contributed by atoms with Crippen LogP contribution in [0.25, 0.3) is 0 Å². The molecule has 5 rings (SSSR count). The van der Waals surface area contributed by atoms with Gasteiger partial charge in [0.25, 0.3) is 0 Å². The van der Waals surface area contributed by atoms with Crippen LogP contribution in [0.3, 0.4) is 0 Å². The van der Waals surface area contributed by atoms with Crippen molar-refractivity contribution in [3.05, 3.63) is 11.6 Å². The highest BCUT2D eigenvalue weighted by molar-refractivity contribution is 6.04. The Morgan fingerprint density at radius 1 is 0.974 bits per heavy atom. The number of nitrogens with zero attached hydrogens (tertiary/aromatic N) is 1. The van der Waals surface area contributed by atoms with Crippen molar-refractivity contribution in [2.24, 2.45) is 56.2 Å². The Morgan fingerprint density at radius 3 is 2.26 bits per heavy atom. The molecule has 0 amide bonds. The number of hydrogen-bond acceptors (Lipinski definition) is 5. The average Bonchev–Trinajstić information content (AvgIpc) is 2.82. The lowest BCUT2D eigenvalue weighted by Gasteiger charge is -2.72. The van der Waals surface area contributed by atoms with Gasteiger partial charge in [0.15, 0.2) is 5.78 Å². The Bertz CT molecular complexity index is 1160. The molecule has 38 heavy (non-hydrogen) atoms. The summed E-state index contributed by atoms with van der Waals surface area (Å²) in [4.78, 5) is 39.6. The molecule has 0 saturated heterocycles. The molecule has 8 atom stereocenters. The van der Waals surface area contributed by atoms with E-state index in [9.17, 15) is 19.6 Å². The molecule has 5 aliphatic rings. The number of fused-ring (bicyclic) bond motifs is 7. The van der Waals surface area contributed by atoms with E-state index >= 15 is 0 Å². The van der Waals surface area contributed by atoms with Crippen LogP contribution in [0.1, 0.15) is 107 Å². The quantitative estimate of drug-likeness (QED) is 0.371. The summed E-state index contributed by atoms with van der Waals surface area (Å²) in [6, 6.07) is 2.21. The van der Waals surface area contributed by atoms with Crippen LogP contribution < -0.4 is 0 Å². The lowest BCUT2D eigenvalue weighted by atomic mass is 9.31. The Balaban J connectivity index is 1.61. The molecule has 4 saturated carbocycles. The molecular formula is C33H47NO4. The molecule has 0 spiro atoms. The van der Waals surface area contributed by atoms with Crippen molar-refractivity contribution in [3.8, 4) is 6.07 Å². The number of hydrogen-bond donors (Lipinski definition) is 0. The van der Waals surface area contributed by atoms with Crippen LogP contribution in [-0.2, 0) is 19.1 Å². The number of rotatable bonds is 2. The van der Waals surface area contributed by atoms with E-state index in [0.717, 1.165) is 44.9 Å². The first-order chi connectivity index (χ1) is 17.5. The van der Waals surface area contributed by atoms with E-state index in [-0.39, 0.29) is 68.1 Å². The van der Waals surface area contributed by atoms with Crippen LogP contribution in [-0.4, -0.2) is 24.1 Å². The molecule has 5 aliphatic carbocycles. The van der Waals surface area contributed by atoms with Crippen molar-refractivity contribution in [2.45, 2.75) is 107 Å². The number of ketones is 2. The Labute approximate surface area is 229 Å². The SMILES string of the molecule is CC(=O)OC[C@]12CCC(C)(C)C[C@H]1[C@H]1C(=O)CC3[C@@]4(C)C=C(C#N)C(=O)C(C)(C)[C@@H]4CC[C@@]3(C)[C@]1(C)CC2. The molecule has 0 heterocycles. The molecule has 5 nitrogen and oxygen atoms in total. The van der Waals surface area contributed by atoms with Crippen LogP contribution in [0.15, 0.2) is 11.6 Å². The van der Waals surface area contributed by atoms with Gasteiger partial charge >= 0.3 is 5.97 Å². The number of nitriles is 1. The zero-order valence-electron chi connectivity index (χ0n) is 24.8. The number of esters is 1. The maximum absolute atomic E-state index is 14.5. The minimum atomic E-state index is -0.615. The van der Waals surface area contributed by atoms with Crippen LogP contribution in [0, 0.1) is 67.5 Å². The molecule has 0 aromatic heterocycles. The average molecular weight is 522 g/mol. The number of allylic oxidation sites excluding steroid dienone is 2. The number of ether oxygens (including phenoxy) is 1. The summed E-state index contributed by atoms with van der Waals surface area (Å²) in [7, 11) is 0. The van der Waals surface area contributed by atoms with Gasteiger partial charge in [0.05, 0.1) is 12.2 Å². The molecule has 1 unspecified atom stereocenters. The highest BCUT2D eigenvalue weighted by Gasteiger charge is 2.72. The predicted octanol–water partition coefficient (Wildman–Crippen LogP) is 6.85. The minimum absolute atomic E-state index is 0.0466. The summed E-state index contributed by atoms with van der Waals surface area (Å²) in [6.45, 7) is 17.6. The van der Waals surface area contributed by atoms with E-state index in [1.54, 1.807) is 0 Å². The van der Waals surface area contributed by atoms with Gasteiger partial charge in [-0.05, 0) is 84.4 Å². The van der Waals surface area contributed by atoms with Crippen molar-refractivity contribution in [2.75, 3.05) is 6.61 Å². The van der Waals surface area contributed by atoms with Crippen molar-refractivity contribution in [1.29, 1.82) is 5.26 Å². The monoisotopic (exact) mass is 521 g/mol. The lowest BCUT2D eigenvalue weighted by molar-refractivity contribution is -0.227. The number of Topliss-reactive ketones (excluding diaryl/α,β-unsaturated/α-hetero) is 2. The second-order valence-electron chi connectivity index (χ2n) is 15.8. The van der Waals surface area contributed by atoms with Gasteiger partial charge in [0.1, 0.15) is 11.9 Å². The first kappa shape index (κ1) is 27.6. The van der Waals surface area contributed by atoms with Gasteiger partial charge in [-0.15, -0.1) is 0 Å². The van der Waals surface area contributed by atoms with Crippen molar-refractivity contribution in [3.63, 3.8) is 0 Å². The third kappa shape index (κ3) is 3.50. The zero-order valence-corrected chi connectivity index (χ0v) is 24.8. The Morgan fingerprint density at radius 2 is 1.63 bits per heavy atom. The van der Waals surface area contributed by atoms with Gasteiger partial charge in [0.2, 0.25) is 0 Å². The first-order valence-corrected chi connectivity index (χ1v) is 14.8. The zero-order chi connectivity index (χ0) is 28.1. The third-order valence-electron chi connectivity index (χ3n) is 13.2. The van der Waals surface area contributed by atoms with E-state index in [2.05, 4.69) is 40.7 Å². The molecule has 0 aromatic carbocycles. The molecule has 0 aliphatic heterocycles. The molecular weight excluding hydrogens is 474 g/mol. The van der Waals surface area contributed by atoms with E-state index < -0.39 is 5.41 Å². The van der Waals surface area contributed by atoms with E-state index in [0.29, 0.717) is 18.8 Å². The van der Waals surface area contributed by atoms with Crippen LogP contribution in [0.4, 0.5) is 0 Å². The predicted molar refractivity (Wildman–Crippen MR) is 146 cm³/mol. The molecule has 0 radical (unpaired) electrons. The fourth-order valence-electron chi connectivity index (χ4n) is 10.9. The second-order valence-corrected chi connectivity index (χ2v) is 15.8. The largest absolute Gasteiger partial charge is 0.465 e. The normalized spacial score (nSPS) is 46.9. The van der Waals surface area contributed by atoms with E-state index in [1.807, 2.05) is 19.9 Å². The number of carbonyl (C=O) groups is 3. The lowest BCUT2D eigenvalue weighted by Crippen LogP contribution is -2.69. The maximum atomic E-state index is 14.5. The van der Waals surface area contributed by atoms with Crippen LogP contribution >= 0.6 is 0 Å². The maximum Gasteiger partial charge on any atom is 0.302 e. The summed E-state index contributed by atoms with van der Waals surface area (Å²) in [6.07, 6.45) is 9.42. The molecule has 0 bridgehead atoms. The highest BCUT2D eigenvalue weighted by Crippen LogP contribution is 2.75. The summed E-state index contributed by atoms with van der Waals surface area (Å²) >= 11 is 0. The summed E-state index contributed by atoms with van der Waals surface area (Å²) in [5.41, 5.74) is -0.950.